The second-order valence-electron chi connectivity index (χ2n) is 3.43. The van der Waals surface area contributed by atoms with Gasteiger partial charge in [-0.15, -0.1) is 0 Å². The lowest BCUT2D eigenvalue weighted by atomic mass is 10.2. The molecule has 0 aliphatic carbocycles. The standard InChI is InChI=1S/C11H13N/c1-8-4-5-12-7-9(2)10(3)11(12)6-8/h4-7H,1-3H3. The van der Waals surface area contributed by atoms with Crippen LogP contribution < -0.4 is 0 Å². The minimum Gasteiger partial charge on any atom is -0.323 e. The van der Waals surface area contributed by atoms with Gasteiger partial charge in [0.2, 0.25) is 0 Å². The average molecular weight is 159 g/mol. The maximum atomic E-state index is 2.22. The molecule has 0 aliphatic heterocycles. The predicted molar refractivity (Wildman–Crippen MR) is 51.6 cm³/mol. The molecule has 0 N–H and O–H groups in total. The van der Waals surface area contributed by atoms with Crippen LogP contribution in [-0.4, -0.2) is 4.40 Å². The van der Waals surface area contributed by atoms with Gasteiger partial charge in [0.1, 0.15) is 0 Å². The quantitative estimate of drug-likeness (QED) is 0.556. The number of fused-ring (bicyclic) bond motifs is 1. The van der Waals surface area contributed by atoms with E-state index >= 15 is 0 Å². The van der Waals surface area contributed by atoms with Crippen molar-refractivity contribution in [2.75, 3.05) is 0 Å². The topological polar surface area (TPSA) is 4.41 Å². The first-order valence-corrected chi connectivity index (χ1v) is 4.23. The lowest BCUT2D eigenvalue weighted by molar-refractivity contribution is 1.17. The van der Waals surface area contributed by atoms with Crippen LogP contribution in [0.3, 0.4) is 0 Å². The molecule has 0 saturated heterocycles. The minimum absolute atomic E-state index is 1.32. The zero-order chi connectivity index (χ0) is 8.72. The van der Waals surface area contributed by atoms with Crippen molar-refractivity contribution in [2.45, 2.75) is 20.8 Å². The molecule has 0 bridgehead atoms. The molecule has 0 fully saturated rings. The molecule has 2 aromatic rings. The Morgan fingerprint density at radius 1 is 1.17 bits per heavy atom. The molecule has 0 aliphatic rings. The highest BCUT2D eigenvalue weighted by molar-refractivity contribution is 5.59. The van der Waals surface area contributed by atoms with E-state index in [0.717, 1.165) is 0 Å². The van der Waals surface area contributed by atoms with E-state index in [-0.39, 0.29) is 0 Å². The van der Waals surface area contributed by atoms with Crippen molar-refractivity contribution in [3.05, 3.63) is 41.2 Å². The number of rotatable bonds is 0. The van der Waals surface area contributed by atoms with E-state index in [4.69, 9.17) is 0 Å². The summed E-state index contributed by atoms with van der Waals surface area (Å²) in [6, 6.07) is 4.36. The van der Waals surface area contributed by atoms with Crippen molar-refractivity contribution in [3.8, 4) is 0 Å². The Labute approximate surface area is 72.6 Å². The van der Waals surface area contributed by atoms with E-state index in [1.165, 1.54) is 22.2 Å². The molecule has 0 unspecified atom stereocenters. The van der Waals surface area contributed by atoms with Crippen LogP contribution in [0.4, 0.5) is 0 Å². The van der Waals surface area contributed by atoms with Gasteiger partial charge in [0, 0.05) is 17.9 Å². The number of pyridine rings is 1. The highest BCUT2D eigenvalue weighted by Gasteiger charge is 2.01. The number of aromatic nitrogens is 1. The summed E-state index contributed by atoms with van der Waals surface area (Å²) in [4.78, 5) is 0. The molecule has 0 spiro atoms. The molecular weight excluding hydrogens is 146 g/mol. The summed E-state index contributed by atoms with van der Waals surface area (Å²) in [6.07, 6.45) is 4.29. The summed E-state index contributed by atoms with van der Waals surface area (Å²) in [5.41, 5.74) is 5.40. The molecule has 0 atom stereocenters. The Morgan fingerprint density at radius 3 is 2.67 bits per heavy atom. The fraction of sp³-hybridized carbons (Fsp3) is 0.273. The first kappa shape index (κ1) is 7.41. The Balaban J connectivity index is 2.88. The zero-order valence-corrected chi connectivity index (χ0v) is 7.76. The fourth-order valence-corrected chi connectivity index (χ4v) is 1.54. The molecular formula is C11H13N. The molecule has 2 aromatic heterocycles. The molecule has 0 saturated carbocycles. The summed E-state index contributed by atoms with van der Waals surface area (Å²) in [5.74, 6) is 0. The molecule has 0 radical (unpaired) electrons. The lowest BCUT2D eigenvalue weighted by Crippen LogP contribution is -1.82. The first-order valence-electron chi connectivity index (χ1n) is 4.23. The summed E-state index contributed by atoms with van der Waals surface area (Å²) < 4.78 is 2.18. The van der Waals surface area contributed by atoms with E-state index < -0.39 is 0 Å². The van der Waals surface area contributed by atoms with Crippen LogP contribution in [-0.2, 0) is 0 Å². The summed E-state index contributed by atoms with van der Waals surface area (Å²) in [7, 11) is 0. The second kappa shape index (κ2) is 2.37. The van der Waals surface area contributed by atoms with E-state index in [1.54, 1.807) is 0 Å². The summed E-state index contributed by atoms with van der Waals surface area (Å²) in [6.45, 7) is 6.45. The third-order valence-electron chi connectivity index (χ3n) is 2.45. The van der Waals surface area contributed by atoms with Crippen LogP contribution in [0.25, 0.3) is 5.52 Å². The van der Waals surface area contributed by atoms with E-state index in [0.29, 0.717) is 0 Å². The van der Waals surface area contributed by atoms with Gasteiger partial charge in [-0.1, -0.05) is 0 Å². The van der Waals surface area contributed by atoms with Crippen molar-refractivity contribution in [1.29, 1.82) is 0 Å². The highest BCUT2D eigenvalue weighted by atomic mass is 14.9. The van der Waals surface area contributed by atoms with Gasteiger partial charge >= 0.3 is 0 Å². The Bertz CT molecular complexity index is 424. The minimum atomic E-state index is 1.32. The third-order valence-corrected chi connectivity index (χ3v) is 2.45. The molecule has 1 heteroatoms. The largest absolute Gasteiger partial charge is 0.323 e. The zero-order valence-electron chi connectivity index (χ0n) is 7.76. The van der Waals surface area contributed by atoms with Gasteiger partial charge in [-0.05, 0) is 49.6 Å². The van der Waals surface area contributed by atoms with Gasteiger partial charge in [-0.3, -0.25) is 0 Å². The smallest absolute Gasteiger partial charge is 0.0484 e. The van der Waals surface area contributed by atoms with Crippen molar-refractivity contribution in [2.24, 2.45) is 0 Å². The van der Waals surface area contributed by atoms with Crippen molar-refractivity contribution in [3.63, 3.8) is 0 Å². The molecule has 2 heterocycles. The molecule has 2 rings (SSSR count). The average Bonchev–Trinajstić information content (AvgIpc) is 2.31. The monoisotopic (exact) mass is 159 g/mol. The highest BCUT2D eigenvalue weighted by Crippen LogP contribution is 2.17. The summed E-state index contributed by atoms with van der Waals surface area (Å²) >= 11 is 0. The predicted octanol–water partition coefficient (Wildman–Crippen LogP) is 2.86. The van der Waals surface area contributed by atoms with Gasteiger partial charge in [-0.2, -0.15) is 0 Å². The van der Waals surface area contributed by atoms with E-state index in [2.05, 4.69) is 49.7 Å². The first-order chi connectivity index (χ1) is 5.68. The van der Waals surface area contributed by atoms with Crippen LogP contribution in [0.5, 0.6) is 0 Å². The van der Waals surface area contributed by atoms with Gasteiger partial charge in [-0.25, -0.2) is 0 Å². The van der Waals surface area contributed by atoms with E-state index in [1.807, 2.05) is 0 Å². The normalized spacial score (nSPS) is 10.9. The second-order valence-corrected chi connectivity index (χ2v) is 3.43. The number of aryl methyl sites for hydroxylation is 3. The van der Waals surface area contributed by atoms with Gasteiger partial charge in [0.25, 0.3) is 0 Å². The number of hydrogen-bond acceptors (Lipinski definition) is 0. The fourth-order valence-electron chi connectivity index (χ4n) is 1.54. The molecule has 0 aromatic carbocycles. The molecule has 0 amide bonds. The third kappa shape index (κ3) is 0.934. The number of nitrogens with zero attached hydrogens (tertiary/aromatic N) is 1. The maximum Gasteiger partial charge on any atom is 0.0484 e. The van der Waals surface area contributed by atoms with E-state index in [9.17, 15) is 0 Å². The van der Waals surface area contributed by atoms with Crippen LogP contribution >= 0.6 is 0 Å². The van der Waals surface area contributed by atoms with Crippen molar-refractivity contribution < 1.29 is 0 Å². The number of hydrogen-bond donors (Lipinski definition) is 0. The Kier molecular flexibility index (Phi) is 1.47. The van der Waals surface area contributed by atoms with Crippen molar-refractivity contribution >= 4 is 5.52 Å². The summed E-state index contributed by atoms with van der Waals surface area (Å²) in [5, 5.41) is 0. The van der Waals surface area contributed by atoms with Crippen LogP contribution in [0, 0.1) is 20.8 Å². The van der Waals surface area contributed by atoms with Crippen molar-refractivity contribution in [1.82, 2.24) is 4.40 Å². The SMILES string of the molecule is Cc1ccn2cc(C)c(C)c2c1. The van der Waals surface area contributed by atoms with Crippen LogP contribution in [0.2, 0.25) is 0 Å². The van der Waals surface area contributed by atoms with Crippen LogP contribution in [0.1, 0.15) is 16.7 Å². The molecule has 62 valence electrons. The van der Waals surface area contributed by atoms with Crippen LogP contribution in [0.15, 0.2) is 24.5 Å². The van der Waals surface area contributed by atoms with Gasteiger partial charge < -0.3 is 4.40 Å². The lowest BCUT2D eigenvalue weighted by Gasteiger charge is -1.96. The Hall–Kier alpha value is -1.24. The Morgan fingerprint density at radius 2 is 1.92 bits per heavy atom. The van der Waals surface area contributed by atoms with Gasteiger partial charge in [0.15, 0.2) is 0 Å². The molecule has 12 heavy (non-hydrogen) atoms. The maximum absolute atomic E-state index is 2.22. The molecule has 1 nitrogen and oxygen atoms in total. The van der Waals surface area contributed by atoms with Gasteiger partial charge in [0.05, 0.1) is 0 Å².